The van der Waals surface area contributed by atoms with Crippen molar-refractivity contribution in [3.63, 3.8) is 0 Å². The van der Waals surface area contributed by atoms with E-state index in [-0.39, 0.29) is 12.5 Å². The van der Waals surface area contributed by atoms with Gasteiger partial charge in [0.15, 0.2) is 11.5 Å². The first-order valence-electron chi connectivity index (χ1n) is 11.3. The molecule has 0 heterocycles. The summed E-state index contributed by atoms with van der Waals surface area (Å²) in [4.78, 5) is 25.0. The number of hydrogen-bond donors (Lipinski definition) is 2. The zero-order valence-electron chi connectivity index (χ0n) is 20.1. The lowest BCUT2D eigenvalue weighted by Gasteiger charge is -2.14. The molecule has 0 aliphatic heterocycles. The van der Waals surface area contributed by atoms with E-state index in [0.29, 0.717) is 48.3 Å². The minimum atomic E-state index is -0.406. The third-order valence-electron chi connectivity index (χ3n) is 4.90. The monoisotopic (exact) mass is 478 g/mol. The van der Waals surface area contributed by atoms with E-state index in [2.05, 4.69) is 10.6 Å². The molecule has 35 heavy (non-hydrogen) atoms. The number of anilines is 1. The lowest BCUT2D eigenvalue weighted by atomic mass is 10.2. The second kappa shape index (κ2) is 12.9. The van der Waals surface area contributed by atoms with Crippen LogP contribution in [0.5, 0.6) is 23.0 Å². The predicted molar refractivity (Wildman–Crippen MR) is 134 cm³/mol. The molecule has 0 bridgehead atoms. The summed E-state index contributed by atoms with van der Waals surface area (Å²) in [6.45, 7) is 4.63. The molecular weight excluding hydrogens is 448 g/mol. The number of nitrogens with one attached hydrogen (secondary N) is 2. The van der Waals surface area contributed by atoms with Gasteiger partial charge in [-0.15, -0.1) is 0 Å². The largest absolute Gasteiger partial charge is 0.495 e. The van der Waals surface area contributed by atoms with Gasteiger partial charge in [-0.3, -0.25) is 9.59 Å². The molecule has 0 aliphatic carbocycles. The van der Waals surface area contributed by atoms with Crippen LogP contribution in [0.25, 0.3) is 0 Å². The molecule has 0 saturated carbocycles. The van der Waals surface area contributed by atoms with Crippen LogP contribution in [-0.4, -0.2) is 45.3 Å². The van der Waals surface area contributed by atoms with E-state index in [1.807, 2.05) is 50.2 Å². The second-order valence-electron chi connectivity index (χ2n) is 7.54. The number of ether oxygens (including phenoxy) is 4. The van der Waals surface area contributed by atoms with Gasteiger partial charge < -0.3 is 29.6 Å². The molecule has 8 nitrogen and oxygen atoms in total. The van der Waals surface area contributed by atoms with Gasteiger partial charge in [0.2, 0.25) is 5.91 Å². The Morgan fingerprint density at radius 3 is 2.31 bits per heavy atom. The smallest absolute Gasteiger partial charge is 0.251 e. The predicted octanol–water partition coefficient (Wildman–Crippen LogP) is 4.23. The maximum Gasteiger partial charge on any atom is 0.251 e. The van der Waals surface area contributed by atoms with Crippen molar-refractivity contribution < 1.29 is 28.5 Å². The number of benzene rings is 3. The summed E-state index contributed by atoms with van der Waals surface area (Å²) in [6.07, 6.45) is 0. The summed E-state index contributed by atoms with van der Waals surface area (Å²) < 4.78 is 22.3. The second-order valence-corrected chi connectivity index (χ2v) is 7.54. The zero-order valence-corrected chi connectivity index (χ0v) is 20.1. The molecule has 2 amide bonds. The van der Waals surface area contributed by atoms with Crippen LogP contribution < -0.4 is 29.6 Å². The molecule has 8 heteroatoms. The Labute approximate surface area is 205 Å². The van der Waals surface area contributed by atoms with E-state index < -0.39 is 5.91 Å². The number of carbonyl (C=O) groups is 2. The quantitative estimate of drug-likeness (QED) is 0.379. The molecule has 0 aliphatic rings. The number of amides is 2. The SMILES string of the molecule is CCOc1cc(C(=O)NCC(=O)Nc2cc(C)ccc2OC)ccc1OCCOc1ccccc1. The van der Waals surface area contributed by atoms with E-state index in [4.69, 9.17) is 18.9 Å². The average Bonchev–Trinajstić information content (AvgIpc) is 2.87. The van der Waals surface area contributed by atoms with Crippen LogP contribution in [0.3, 0.4) is 0 Å². The molecule has 0 spiro atoms. The van der Waals surface area contributed by atoms with Crippen LogP contribution in [0.2, 0.25) is 0 Å². The molecule has 0 saturated heterocycles. The summed E-state index contributed by atoms with van der Waals surface area (Å²) >= 11 is 0. The van der Waals surface area contributed by atoms with Crippen molar-refractivity contribution in [2.45, 2.75) is 13.8 Å². The number of aryl methyl sites for hydroxylation is 1. The van der Waals surface area contributed by atoms with E-state index in [1.165, 1.54) is 7.11 Å². The number of para-hydroxylation sites is 1. The van der Waals surface area contributed by atoms with Crippen LogP contribution in [0.1, 0.15) is 22.8 Å². The fourth-order valence-electron chi connectivity index (χ4n) is 3.24. The van der Waals surface area contributed by atoms with Gasteiger partial charge in [0.25, 0.3) is 5.91 Å². The maximum absolute atomic E-state index is 12.6. The number of hydrogen-bond acceptors (Lipinski definition) is 6. The first-order valence-corrected chi connectivity index (χ1v) is 11.3. The highest BCUT2D eigenvalue weighted by Crippen LogP contribution is 2.29. The van der Waals surface area contributed by atoms with Gasteiger partial charge in [0.05, 0.1) is 25.9 Å². The summed E-state index contributed by atoms with van der Waals surface area (Å²) in [5.74, 6) is 1.47. The summed E-state index contributed by atoms with van der Waals surface area (Å²) in [7, 11) is 1.53. The lowest BCUT2D eigenvalue weighted by molar-refractivity contribution is -0.115. The van der Waals surface area contributed by atoms with Crippen molar-refractivity contribution in [2.75, 3.05) is 38.8 Å². The van der Waals surface area contributed by atoms with Crippen LogP contribution in [0.15, 0.2) is 66.7 Å². The topological polar surface area (TPSA) is 95.1 Å². The molecule has 0 atom stereocenters. The Bertz CT molecular complexity index is 1130. The van der Waals surface area contributed by atoms with Gasteiger partial charge in [-0.05, 0) is 61.9 Å². The highest BCUT2D eigenvalue weighted by atomic mass is 16.5. The zero-order chi connectivity index (χ0) is 25.0. The number of carbonyl (C=O) groups excluding carboxylic acids is 2. The van der Waals surface area contributed by atoms with Crippen LogP contribution in [0, 0.1) is 6.92 Å². The van der Waals surface area contributed by atoms with Gasteiger partial charge >= 0.3 is 0 Å². The van der Waals surface area contributed by atoms with Crippen molar-refractivity contribution >= 4 is 17.5 Å². The Balaban J connectivity index is 1.54. The molecule has 0 fully saturated rings. The lowest BCUT2D eigenvalue weighted by Crippen LogP contribution is -2.33. The standard InChI is InChI=1S/C27H30N2O6/c1-4-33-25-17-20(11-13-24(25)35-15-14-34-21-8-6-5-7-9-21)27(31)28-18-26(30)29-22-16-19(2)10-12-23(22)32-3/h5-13,16-17H,4,14-15,18H2,1-3H3,(H,28,31)(H,29,30). The fourth-order valence-corrected chi connectivity index (χ4v) is 3.24. The van der Waals surface area contributed by atoms with Gasteiger partial charge in [-0.25, -0.2) is 0 Å². The Morgan fingerprint density at radius 2 is 1.57 bits per heavy atom. The van der Waals surface area contributed by atoms with Gasteiger partial charge in [0.1, 0.15) is 24.7 Å². The highest BCUT2D eigenvalue weighted by molar-refractivity contribution is 6.00. The Kier molecular flexibility index (Phi) is 9.36. The average molecular weight is 479 g/mol. The molecule has 0 aromatic heterocycles. The minimum Gasteiger partial charge on any atom is -0.495 e. The molecule has 3 rings (SSSR count). The van der Waals surface area contributed by atoms with Crippen molar-refractivity contribution in [1.82, 2.24) is 5.32 Å². The molecule has 184 valence electrons. The Morgan fingerprint density at radius 1 is 0.829 bits per heavy atom. The van der Waals surface area contributed by atoms with Crippen LogP contribution >= 0.6 is 0 Å². The molecule has 0 unspecified atom stereocenters. The summed E-state index contributed by atoms with van der Waals surface area (Å²) in [6, 6.07) is 19.8. The van der Waals surface area contributed by atoms with Crippen molar-refractivity contribution in [2.24, 2.45) is 0 Å². The third kappa shape index (κ3) is 7.67. The number of methoxy groups -OCH3 is 1. The maximum atomic E-state index is 12.6. The van der Waals surface area contributed by atoms with E-state index >= 15 is 0 Å². The molecule has 3 aromatic rings. The summed E-state index contributed by atoms with van der Waals surface area (Å²) in [5, 5.41) is 5.38. The minimum absolute atomic E-state index is 0.199. The summed E-state index contributed by atoms with van der Waals surface area (Å²) in [5.41, 5.74) is 1.87. The first-order chi connectivity index (χ1) is 17.0. The fraction of sp³-hybridized carbons (Fsp3) is 0.259. The van der Waals surface area contributed by atoms with Crippen molar-refractivity contribution in [3.05, 3.63) is 77.9 Å². The van der Waals surface area contributed by atoms with E-state index in [1.54, 1.807) is 30.3 Å². The van der Waals surface area contributed by atoms with Gasteiger partial charge in [0, 0.05) is 5.56 Å². The Hall–Kier alpha value is -4.20. The van der Waals surface area contributed by atoms with E-state index in [0.717, 1.165) is 11.3 Å². The molecule has 3 aromatic carbocycles. The first kappa shape index (κ1) is 25.4. The molecule has 2 N–H and O–H groups in total. The van der Waals surface area contributed by atoms with Crippen molar-refractivity contribution in [3.8, 4) is 23.0 Å². The van der Waals surface area contributed by atoms with Gasteiger partial charge in [-0.1, -0.05) is 24.3 Å². The highest BCUT2D eigenvalue weighted by Gasteiger charge is 2.14. The molecular formula is C27H30N2O6. The van der Waals surface area contributed by atoms with Gasteiger partial charge in [-0.2, -0.15) is 0 Å². The van der Waals surface area contributed by atoms with Crippen molar-refractivity contribution in [1.29, 1.82) is 0 Å². The normalized spacial score (nSPS) is 10.3. The molecule has 0 radical (unpaired) electrons. The van der Waals surface area contributed by atoms with Crippen LogP contribution in [0.4, 0.5) is 5.69 Å². The van der Waals surface area contributed by atoms with E-state index in [9.17, 15) is 9.59 Å². The van der Waals surface area contributed by atoms with Crippen LogP contribution in [-0.2, 0) is 4.79 Å². The third-order valence-corrected chi connectivity index (χ3v) is 4.90. The number of rotatable bonds is 12.